The number of thiocarbonyl (C=S) groups is 1. The van der Waals surface area contributed by atoms with Gasteiger partial charge in [-0.1, -0.05) is 41.6 Å². The van der Waals surface area contributed by atoms with Gasteiger partial charge in [0.1, 0.15) is 11.5 Å². The highest BCUT2D eigenvalue weighted by atomic mass is 35.5. The summed E-state index contributed by atoms with van der Waals surface area (Å²) in [6.45, 7) is 1.78. The van der Waals surface area contributed by atoms with Crippen molar-refractivity contribution in [2.45, 2.75) is 6.92 Å². The molecule has 9 heteroatoms. The summed E-state index contributed by atoms with van der Waals surface area (Å²) < 4.78 is 6.17. The van der Waals surface area contributed by atoms with E-state index in [1.807, 2.05) is 0 Å². The van der Waals surface area contributed by atoms with Gasteiger partial charge in [0, 0.05) is 17.2 Å². The second-order valence-electron chi connectivity index (χ2n) is 6.47. The fourth-order valence-corrected chi connectivity index (χ4v) is 4.39. The minimum Gasteiger partial charge on any atom is -0.456 e. The second-order valence-corrected chi connectivity index (χ2v) is 8.59. The Balaban J connectivity index is 1.64. The molecule has 0 spiro atoms. The van der Waals surface area contributed by atoms with Crippen LogP contribution in [0, 0.1) is 17.0 Å². The quantitative estimate of drug-likeness (QED) is 0.201. The number of amides is 1. The Hall–Kier alpha value is -2.94. The normalized spacial score (nSPS) is 15.3. The van der Waals surface area contributed by atoms with E-state index in [-0.39, 0.29) is 11.6 Å². The number of rotatable bonds is 4. The number of furan rings is 1. The number of carbonyl (C=O) groups excluding carboxylic acids is 1. The van der Waals surface area contributed by atoms with E-state index in [2.05, 4.69) is 0 Å². The van der Waals surface area contributed by atoms with Crippen LogP contribution in [0.15, 0.2) is 63.9 Å². The predicted octanol–water partition coefficient (Wildman–Crippen LogP) is 6.22. The molecule has 2 aromatic carbocycles. The number of hydrogen-bond donors (Lipinski definition) is 0. The van der Waals surface area contributed by atoms with E-state index in [9.17, 15) is 14.9 Å². The van der Waals surface area contributed by atoms with Gasteiger partial charge in [0.15, 0.2) is 4.32 Å². The van der Waals surface area contributed by atoms with Crippen LogP contribution in [0.4, 0.5) is 11.4 Å². The lowest BCUT2D eigenvalue weighted by Gasteiger charge is -2.14. The van der Waals surface area contributed by atoms with Crippen molar-refractivity contribution in [3.05, 3.63) is 86.0 Å². The molecule has 0 bridgehead atoms. The number of aryl methyl sites for hydroxylation is 1. The van der Waals surface area contributed by atoms with Gasteiger partial charge in [-0.3, -0.25) is 19.8 Å². The molecule has 1 aromatic heterocycles. The van der Waals surface area contributed by atoms with Crippen LogP contribution in [0.5, 0.6) is 0 Å². The highest BCUT2D eigenvalue weighted by molar-refractivity contribution is 8.27. The third-order valence-electron chi connectivity index (χ3n) is 4.39. The molecule has 1 amide bonds. The molecule has 1 saturated heterocycles. The molecule has 0 unspecified atom stereocenters. The van der Waals surface area contributed by atoms with Crippen LogP contribution in [0.2, 0.25) is 5.02 Å². The van der Waals surface area contributed by atoms with E-state index in [1.54, 1.807) is 61.5 Å². The van der Waals surface area contributed by atoms with Crippen molar-refractivity contribution < 1.29 is 14.1 Å². The fraction of sp³-hybridized carbons (Fsp3) is 0.0476. The van der Waals surface area contributed by atoms with Crippen molar-refractivity contribution >= 4 is 63.3 Å². The zero-order valence-electron chi connectivity index (χ0n) is 15.5. The van der Waals surface area contributed by atoms with Gasteiger partial charge >= 0.3 is 0 Å². The fourth-order valence-electron chi connectivity index (χ4n) is 2.99. The molecule has 1 aliphatic rings. The van der Waals surface area contributed by atoms with Gasteiger partial charge in [0.25, 0.3) is 11.6 Å². The zero-order valence-corrected chi connectivity index (χ0v) is 17.9. The molecule has 0 radical (unpaired) electrons. The lowest BCUT2D eigenvalue weighted by Crippen LogP contribution is -2.27. The maximum Gasteiger partial charge on any atom is 0.280 e. The minimum atomic E-state index is -0.443. The van der Waals surface area contributed by atoms with Gasteiger partial charge < -0.3 is 4.42 Å². The van der Waals surface area contributed by atoms with Crippen molar-refractivity contribution in [3.8, 4) is 11.3 Å². The molecular weight excluding hydrogens is 444 g/mol. The average Bonchev–Trinajstić information content (AvgIpc) is 3.27. The van der Waals surface area contributed by atoms with Crippen LogP contribution < -0.4 is 4.90 Å². The highest BCUT2D eigenvalue weighted by Gasteiger charge is 2.33. The molecule has 150 valence electrons. The lowest BCUT2D eigenvalue weighted by molar-refractivity contribution is -0.384. The Morgan fingerprint density at radius 3 is 2.60 bits per heavy atom. The van der Waals surface area contributed by atoms with E-state index in [1.165, 1.54) is 11.0 Å². The molecule has 1 aliphatic heterocycles. The van der Waals surface area contributed by atoms with Crippen molar-refractivity contribution in [3.63, 3.8) is 0 Å². The molecule has 1 fully saturated rings. The van der Waals surface area contributed by atoms with Crippen molar-refractivity contribution in [1.29, 1.82) is 0 Å². The van der Waals surface area contributed by atoms with E-state index < -0.39 is 4.92 Å². The van der Waals surface area contributed by atoms with Gasteiger partial charge in [0.05, 0.1) is 21.1 Å². The van der Waals surface area contributed by atoms with Gasteiger partial charge in [-0.15, -0.1) is 0 Å². The maximum absolute atomic E-state index is 12.8. The summed E-state index contributed by atoms with van der Waals surface area (Å²) in [7, 11) is 0. The van der Waals surface area contributed by atoms with Gasteiger partial charge in [-0.05, 0) is 55.0 Å². The van der Waals surface area contributed by atoms with E-state index in [0.29, 0.717) is 37.0 Å². The number of benzene rings is 2. The summed E-state index contributed by atoms with van der Waals surface area (Å²) in [5, 5.41) is 11.9. The van der Waals surface area contributed by atoms with Crippen LogP contribution in [-0.2, 0) is 4.79 Å². The van der Waals surface area contributed by atoms with Crippen molar-refractivity contribution in [2.75, 3.05) is 4.90 Å². The monoisotopic (exact) mass is 456 g/mol. The zero-order chi connectivity index (χ0) is 21.4. The number of nitro groups is 1. The number of anilines is 1. The van der Waals surface area contributed by atoms with Crippen LogP contribution in [0.3, 0.4) is 0 Å². The van der Waals surface area contributed by atoms with Crippen LogP contribution in [0.1, 0.15) is 11.3 Å². The third kappa shape index (κ3) is 3.89. The third-order valence-corrected chi connectivity index (χ3v) is 5.95. The molecular formula is C21H13ClN2O4S2. The first-order valence-corrected chi connectivity index (χ1v) is 10.3. The Labute approximate surface area is 186 Å². The molecule has 6 nitrogen and oxygen atoms in total. The number of nitrogens with zero attached hydrogens (tertiary/aromatic N) is 2. The van der Waals surface area contributed by atoms with Crippen LogP contribution in [-0.4, -0.2) is 15.2 Å². The summed E-state index contributed by atoms with van der Waals surface area (Å²) in [6, 6.07) is 15.0. The summed E-state index contributed by atoms with van der Waals surface area (Å²) in [6.07, 6.45) is 1.58. The molecule has 0 atom stereocenters. The molecule has 30 heavy (non-hydrogen) atoms. The number of halogens is 1. The first-order chi connectivity index (χ1) is 14.3. The minimum absolute atomic E-state index is 0.0371. The Bertz CT molecular complexity index is 1220. The topological polar surface area (TPSA) is 76.6 Å². The molecule has 3 aromatic rings. The number of thioether (sulfide) groups is 1. The SMILES string of the molecule is Cc1ccc(-c2ccc(/C=C3\SC(=S)N(c4ccc(Cl)cc4)C3=O)o2)c([N+](=O)[O-])c1. The smallest absolute Gasteiger partial charge is 0.280 e. The lowest BCUT2D eigenvalue weighted by atomic mass is 10.1. The Morgan fingerprint density at radius 2 is 1.90 bits per heavy atom. The summed E-state index contributed by atoms with van der Waals surface area (Å²) in [4.78, 5) is 25.6. The summed E-state index contributed by atoms with van der Waals surface area (Å²) in [5.74, 6) is 0.476. The van der Waals surface area contributed by atoms with Gasteiger partial charge in [0.2, 0.25) is 0 Å². The first kappa shape index (κ1) is 20.3. The Morgan fingerprint density at radius 1 is 1.17 bits per heavy atom. The highest BCUT2D eigenvalue weighted by Crippen LogP contribution is 2.38. The van der Waals surface area contributed by atoms with Gasteiger partial charge in [-0.2, -0.15) is 0 Å². The standard InChI is InChI=1S/C21H13ClN2O4S2/c1-12-2-8-16(17(10-12)24(26)27)18-9-7-15(28-18)11-19-20(25)23(21(29)30-19)14-5-3-13(22)4-6-14/h2-11H,1H3/b19-11-. The number of hydrogen-bond acceptors (Lipinski definition) is 6. The average molecular weight is 457 g/mol. The van der Waals surface area contributed by atoms with Crippen molar-refractivity contribution in [1.82, 2.24) is 0 Å². The van der Waals surface area contributed by atoms with E-state index in [0.717, 1.165) is 17.3 Å². The van der Waals surface area contributed by atoms with Crippen LogP contribution in [0.25, 0.3) is 17.4 Å². The molecule has 0 saturated carbocycles. The molecule has 0 aliphatic carbocycles. The number of carbonyl (C=O) groups is 1. The summed E-state index contributed by atoms with van der Waals surface area (Å²) >= 11 is 12.4. The molecule has 2 heterocycles. The second kappa shape index (κ2) is 8.06. The Kier molecular flexibility index (Phi) is 5.46. The largest absolute Gasteiger partial charge is 0.456 e. The van der Waals surface area contributed by atoms with Crippen LogP contribution >= 0.6 is 35.6 Å². The molecule has 4 rings (SSSR count). The van der Waals surface area contributed by atoms with Gasteiger partial charge in [-0.25, -0.2) is 0 Å². The van der Waals surface area contributed by atoms with Crippen molar-refractivity contribution in [2.24, 2.45) is 0 Å². The van der Waals surface area contributed by atoms with E-state index >= 15 is 0 Å². The predicted molar refractivity (Wildman–Crippen MR) is 123 cm³/mol. The maximum atomic E-state index is 12.8. The first-order valence-electron chi connectivity index (χ1n) is 8.72. The molecule has 0 N–H and O–H groups in total. The summed E-state index contributed by atoms with van der Waals surface area (Å²) in [5.41, 5.74) is 1.74. The van der Waals surface area contributed by atoms with E-state index in [4.69, 9.17) is 28.2 Å². The number of nitro benzene ring substituents is 1.